The van der Waals surface area contributed by atoms with Gasteiger partial charge in [0.25, 0.3) is 0 Å². The Labute approximate surface area is 117 Å². The highest BCUT2D eigenvalue weighted by molar-refractivity contribution is 5.88. The number of anilines is 1. The van der Waals surface area contributed by atoms with E-state index in [-0.39, 0.29) is 11.9 Å². The molecule has 0 aliphatic heterocycles. The van der Waals surface area contributed by atoms with Gasteiger partial charge in [-0.05, 0) is 25.5 Å². The molecule has 2 heterocycles. The highest BCUT2D eigenvalue weighted by atomic mass is 16.5. The van der Waals surface area contributed by atoms with Crippen molar-refractivity contribution >= 4 is 11.9 Å². The summed E-state index contributed by atoms with van der Waals surface area (Å²) in [6, 6.07) is 5.49. The fourth-order valence-corrected chi connectivity index (χ4v) is 1.59. The quantitative estimate of drug-likeness (QED) is 0.773. The van der Waals surface area contributed by atoms with E-state index in [1.165, 1.54) is 11.0 Å². The maximum absolute atomic E-state index is 11.6. The van der Waals surface area contributed by atoms with Crippen molar-refractivity contribution in [2.24, 2.45) is 0 Å². The van der Waals surface area contributed by atoms with Gasteiger partial charge in [-0.25, -0.2) is 9.67 Å². The maximum atomic E-state index is 11.6. The van der Waals surface area contributed by atoms with Crippen molar-refractivity contribution in [2.75, 3.05) is 18.5 Å². The van der Waals surface area contributed by atoms with Gasteiger partial charge >= 0.3 is 0 Å². The lowest BCUT2D eigenvalue weighted by atomic mass is 10.3. The molecular weight excluding hydrogens is 258 g/mol. The molecule has 0 atom stereocenters. The lowest BCUT2D eigenvalue weighted by Crippen LogP contribution is -2.13. The van der Waals surface area contributed by atoms with Crippen molar-refractivity contribution < 1.29 is 9.53 Å². The summed E-state index contributed by atoms with van der Waals surface area (Å²) in [6.07, 6.45) is 4.25. The predicted octanol–water partition coefficient (Wildman–Crippen LogP) is 1.42. The zero-order valence-corrected chi connectivity index (χ0v) is 11.3. The average molecular weight is 275 g/mol. The topological polar surface area (TPSA) is 81.9 Å². The Morgan fingerprint density at radius 2 is 2.30 bits per heavy atom. The standard InChI is InChI=1S/C13H17N5O2/c1-2-20-9-5-7-12(19)16-13-15-10-18(17-13)11-6-3-4-8-14-11/h3-4,6,8,10H,2,5,7,9H2,1H3,(H,16,17,19). The number of carbonyl (C=O) groups excluding carboxylic acids is 1. The molecule has 0 aliphatic rings. The van der Waals surface area contributed by atoms with Crippen LogP contribution in [0.5, 0.6) is 0 Å². The molecule has 106 valence electrons. The lowest BCUT2D eigenvalue weighted by molar-refractivity contribution is -0.116. The van der Waals surface area contributed by atoms with Crippen molar-refractivity contribution in [3.05, 3.63) is 30.7 Å². The van der Waals surface area contributed by atoms with Crippen LogP contribution in [0.4, 0.5) is 5.95 Å². The zero-order chi connectivity index (χ0) is 14.2. The Hall–Kier alpha value is -2.28. The van der Waals surface area contributed by atoms with E-state index in [2.05, 4.69) is 20.4 Å². The summed E-state index contributed by atoms with van der Waals surface area (Å²) >= 11 is 0. The number of ether oxygens (including phenoxy) is 1. The number of carbonyl (C=O) groups is 1. The highest BCUT2D eigenvalue weighted by Crippen LogP contribution is 2.04. The van der Waals surface area contributed by atoms with Crippen LogP contribution in [-0.4, -0.2) is 38.9 Å². The average Bonchev–Trinajstić information content (AvgIpc) is 2.93. The number of rotatable bonds is 7. The Balaban J connectivity index is 1.85. The predicted molar refractivity (Wildman–Crippen MR) is 73.5 cm³/mol. The highest BCUT2D eigenvalue weighted by Gasteiger charge is 2.07. The Morgan fingerprint density at radius 1 is 1.40 bits per heavy atom. The molecule has 2 aromatic rings. The van der Waals surface area contributed by atoms with Gasteiger partial charge in [0.2, 0.25) is 11.9 Å². The van der Waals surface area contributed by atoms with Gasteiger partial charge in [-0.3, -0.25) is 10.1 Å². The van der Waals surface area contributed by atoms with Crippen molar-refractivity contribution in [3.63, 3.8) is 0 Å². The van der Waals surface area contributed by atoms with Gasteiger partial charge < -0.3 is 4.74 Å². The number of hydrogen-bond acceptors (Lipinski definition) is 5. The number of pyridine rings is 1. The summed E-state index contributed by atoms with van der Waals surface area (Å²) in [5, 5.41) is 6.79. The molecular formula is C13H17N5O2. The van der Waals surface area contributed by atoms with Crippen LogP contribution in [-0.2, 0) is 9.53 Å². The molecule has 1 N–H and O–H groups in total. The molecule has 0 spiro atoms. The summed E-state index contributed by atoms with van der Waals surface area (Å²) in [5.41, 5.74) is 0. The zero-order valence-electron chi connectivity index (χ0n) is 11.3. The monoisotopic (exact) mass is 275 g/mol. The van der Waals surface area contributed by atoms with E-state index in [0.29, 0.717) is 31.9 Å². The maximum Gasteiger partial charge on any atom is 0.249 e. The molecule has 20 heavy (non-hydrogen) atoms. The minimum atomic E-state index is -0.122. The number of hydrogen-bond donors (Lipinski definition) is 1. The Kier molecular flexibility index (Phi) is 5.19. The molecule has 0 aromatic carbocycles. The fraction of sp³-hybridized carbons (Fsp3) is 0.385. The number of nitrogens with zero attached hydrogens (tertiary/aromatic N) is 4. The summed E-state index contributed by atoms with van der Waals surface area (Å²) in [4.78, 5) is 19.8. The van der Waals surface area contributed by atoms with E-state index in [0.717, 1.165) is 0 Å². The molecule has 2 aromatic heterocycles. The Morgan fingerprint density at radius 3 is 3.05 bits per heavy atom. The van der Waals surface area contributed by atoms with Gasteiger partial charge in [0.15, 0.2) is 5.82 Å². The third-order valence-electron chi connectivity index (χ3n) is 2.52. The molecule has 7 heteroatoms. The van der Waals surface area contributed by atoms with Crippen LogP contribution in [0.2, 0.25) is 0 Å². The van der Waals surface area contributed by atoms with Crippen molar-refractivity contribution in [3.8, 4) is 5.82 Å². The molecule has 1 amide bonds. The summed E-state index contributed by atoms with van der Waals surface area (Å²) < 4.78 is 6.68. The van der Waals surface area contributed by atoms with E-state index in [1.807, 2.05) is 25.1 Å². The van der Waals surface area contributed by atoms with Gasteiger partial charge in [-0.2, -0.15) is 4.98 Å². The summed E-state index contributed by atoms with van der Waals surface area (Å²) in [6.45, 7) is 3.17. The molecule has 0 saturated carbocycles. The lowest BCUT2D eigenvalue weighted by Gasteiger charge is -2.01. The Bertz CT molecular complexity index is 541. The van der Waals surface area contributed by atoms with Gasteiger partial charge in [0, 0.05) is 25.8 Å². The molecule has 0 fully saturated rings. The second kappa shape index (κ2) is 7.34. The van der Waals surface area contributed by atoms with Gasteiger partial charge in [-0.15, -0.1) is 5.10 Å². The molecule has 7 nitrogen and oxygen atoms in total. The van der Waals surface area contributed by atoms with Crippen LogP contribution >= 0.6 is 0 Å². The SMILES string of the molecule is CCOCCCC(=O)Nc1ncn(-c2ccccn2)n1. The second-order valence-electron chi connectivity index (χ2n) is 4.05. The van der Waals surface area contributed by atoms with Crippen LogP contribution in [0.3, 0.4) is 0 Å². The molecule has 0 aliphatic carbocycles. The number of nitrogens with one attached hydrogen (secondary N) is 1. The van der Waals surface area contributed by atoms with E-state index in [1.54, 1.807) is 6.20 Å². The molecule has 0 unspecified atom stereocenters. The summed E-state index contributed by atoms with van der Waals surface area (Å²) in [7, 11) is 0. The van der Waals surface area contributed by atoms with Crippen LogP contribution in [0.15, 0.2) is 30.7 Å². The second-order valence-corrected chi connectivity index (χ2v) is 4.05. The first kappa shape index (κ1) is 14.1. The number of aromatic nitrogens is 4. The molecule has 0 radical (unpaired) electrons. The summed E-state index contributed by atoms with van der Waals surface area (Å²) in [5.74, 6) is 0.803. The van der Waals surface area contributed by atoms with Crippen LogP contribution < -0.4 is 5.32 Å². The van der Waals surface area contributed by atoms with Gasteiger partial charge in [0.05, 0.1) is 0 Å². The van der Waals surface area contributed by atoms with Crippen LogP contribution in [0.25, 0.3) is 5.82 Å². The molecule has 0 saturated heterocycles. The largest absolute Gasteiger partial charge is 0.382 e. The van der Waals surface area contributed by atoms with E-state index in [4.69, 9.17) is 4.74 Å². The van der Waals surface area contributed by atoms with Gasteiger partial charge in [0.1, 0.15) is 6.33 Å². The third-order valence-corrected chi connectivity index (χ3v) is 2.52. The van der Waals surface area contributed by atoms with Crippen molar-refractivity contribution in [1.29, 1.82) is 0 Å². The first-order valence-electron chi connectivity index (χ1n) is 6.50. The van der Waals surface area contributed by atoms with Crippen LogP contribution in [0, 0.1) is 0 Å². The van der Waals surface area contributed by atoms with E-state index >= 15 is 0 Å². The number of amides is 1. The fourth-order valence-electron chi connectivity index (χ4n) is 1.59. The minimum absolute atomic E-state index is 0.122. The normalized spacial score (nSPS) is 10.4. The third kappa shape index (κ3) is 4.13. The van der Waals surface area contributed by atoms with Crippen molar-refractivity contribution in [2.45, 2.75) is 19.8 Å². The first-order valence-corrected chi connectivity index (χ1v) is 6.50. The molecule has 0 bridgehead atoms. The van der Waals surface area contributed by atoms with Crippen molar-refractivity contribution in [1.82, 2.24) is 19.7 Å². The minimum Gasteiger partial charge on any atom is -0.382 e. The van der Waals surface area contributed by atoms with Gasteiger partial charge in [-0.1, -0.05) is 6.07 Å². The van der Waals surface area contributed by atoms with Crippen LogP contribution in [0.1, 0.15) is 19.8 Å². The van der Waals surface area contributed by atoms with E-state index < -0.39 is 0 Å². The molecule has 2 rings (SSSR count). The first-order chi connectivity index (χ1) is 9.79. The van der Waals surface area contributed by atoms with E-state index in [9.17, 15) is 4.79 Å². The smallest absolute Gasteiger partial charge is 0.249 e.